The van der Waals surface area contributed by atoms with Gasteiger partial charge in [-0.15, -0.1) is 0 Å². The number of amides is 1. The van der Waals surface area contributed by atoms with Crippen LogP contribution in [-0.2, 0) is 0 Å². The highest BCUT2D eigenvalue weighted by Gasteiger charge is 2.24. The third-order valence-corrected chi connectivity index (χ3v) is 3.25. The van der Waals surface area contributed by atoms with E-state index in [1.807, 2.05) is 32.9 Å². The zero-order valence-electron chi connectivity index (χ0n) is 11.5. The fraction of sp³-hybridized carbons (Fsp3) is 0.500. The number of aryl methyl sites for hydroxylation is 1. The SMILES string of the molecule is CCC(C)(CN)NC(=O)c1cc(C)ccc1OC. The molecule has 0 aliphatic heterocycles. The second-order valence-electron chi connectivity index (χ2n) is 4.78. The number of nitrogens with one attached hydrogen (secondary N) is 1. The molecule has 0 saturated carbocycles. The number of nitrogens with two attached hydrogens (primary N) is 1. The number of rotatable bonds is 5. The average Bonchev–Trinajstić information content (AvgIpc) is 2.38. The van der Waals surface area contributed by atoms with Crippen molar-refractivity contribution < 1.29 is 9.53 Å². The summed E-state index contributed by atoms with van der Waals surface area (Å²) in [7, 11) is 1.56. The lowest BCUT2D eigenvalue weighted by Gasteiger charge is -2.28. The van der Waals surface area contributed by atoms with Crippen LogP contribution in [0, 0.1) is 6.92 Å². The lowest BCUT2D eigenvalue weighted by atomic mass is 9.98. The first-order valence-electron chi connectivity index (χ1n) is 6.13. The predicted octanol–water partition coefficient (Wildman–Crippen LogP) is 1.86. The predicted molar refractivity (Wildman–Crippen MR) is 72.9 cm³/mol. The van der Waals surface area contributed by atoms with Crippen LogP contribution in [0.5, 0.6) is 5.75 Å². The summed E-state index contributed by atoms with van der Waals surface area (Å²) in [6.45, 7) is 6.29. The quantitative estimate of drug-likeness (QED) is 0.838. The van der Waals surface area contributed by atoms with E-state index in [9.17, 15) is 4.79 Å². The van der Waals surface area contributed by atoms with Gasteiger partial charge in [-0.25, -0.2) is 0 Å². The van der Waals surface area contributed by atoms with E-state index in [0.29, 0.717) is 17.9 Å². The third-order valence-electron chi connectivity index (χ3n) is 3.25. The summed E-state index contributed by atoms with van der Waals surface area (Å²) >= 11 is 0. The minimum atomic E-state index is -0.383. The van der Waals surface area contributed by atoms with Crippen molar-refractivity contribution in [2.75, 3.05) is 13.7 Å². The van der Waals surface area contributed by atoms with Gasteiger partial charge in [0.15, 0.2) is 0 Å². The average molecular weight is 250 g/mol. The molecule has 0 saturated heterocycles. The lowest BCUT2D eigenvalue weighted by molar-refractivity contribution is 0.0903. The van der Waals surface area contributed by atoms with Crippen molar-refractivity contribution in [2.24, 2.45) is 5.73 Å². The van der Waals surface area contributed by atoms with E-state index in [2.05, 4.69) is 5.32 Å². The summed E-state index contributed by atoms with van der Waals surface area (Å²) in [6, 6.07) is 5.54. The third kappa shape index (κ3) is 3.23. The maximum absolute atomic E-state index is 12.3. The molecule has 0 bridgehead atoms. The molecule has 100 valence electrons. The monoisotopic (exact) mass is 250 g/mol. The molecule has 4 heteroatoms. The van der Waals surface area contributed by atoms with Gasteiger partial charge >= 0.3 is 0 Å². The van der Waals surface area contributed by atoms with Crippen molar-refractivity contribution in [3.63, 3.8) is 0 Å². The Balaban J connectivity index is 3.00. The van der Waals surface area contributed by atoms with Crippen molar-refractivity contribution in [2.45, 2.75) is 32.7 Å². The second-order valence-corrected chi connectivity index (χ2v) is 4.78. The Morgan fingerprint density at radius 1 is 1.50 bits per heavy atom. The standard InChI is InChI=1S/C14H22N2O2/c1-5-14(3,9-15)16-13(17)11-8-10(2)6-7-12(11)18-4/h6-8H,5,9,15H2,1-4H3,(H,16,17). The maximum atomic E-state index is 12.3. The highest BCUT2D eigenvalue weighted by Crippen LogP contribution is 2.20. The summed E-state index contributed by atoms with van der Waals surface area (Å²) in [5.41, 5.74) is 6.88. The molecular weight excluding hydrogens is 228 g/mol. The number of hydrogen-bond donors (Lipinski definition) is 2. The Bertz CT molecular complexity index is 426. The van der Waals surface area contributed by atoms with Crippen molar-refractivity contribution in [1.29, 1.82) is 0 Å². The minimum absolute atomic E-state index is 0.148. The number of hydrogen-bond acceptors (Lipinski definition) is 3. The van der Waals surface area contributed by atoms with Crippen LogP contribution in [-0.4, -0.2) is 25.1 Å². The molecule has 1 amide bonds. The van der Waals surface area contributed by atoms with Crippen molar-refractivity contribution in [3.05, 3.63) is 29.3 Å². The topological polar surface area (TPSA) is 64.3 Å². The van der Waals surface area contributed by atoms with Crippen LogP contribution >= 0.6 is 0 Å². The molecule has 3 N–H and O–H groups in total. The number of methoxy groups -OCH3 is 1. The van der Waals surface area contributed by atoms with Crippen LogP contribution in [0.2, 0.25) is 0 Å². The molecule has 0 aromatic heterocycles. The first kappa shape index (κ1) is 14.5. The van der Waals surface area contributed by atoms with Gasteiger partial charge in [-0.05, 0) is 32.4 Å². The zero-order chi connectivity index (χ0) is 13.8. The van der Waals surface area contributed by atoms with Gasteiger partial charge in [0.05, 0.1) is 12.7 Å². The van der Waals surface area contributed by atoms with Gasteiger partial charge in [-0.2, -0.15) is 0 Å². The highest BCUT2D eigenvalue weighted by molar-refractivity contribution is 5.97. The normalized spacial score (nSPS) is 13.8. The Labute approximate surface area is 109 Å². The van der Waals surface area contributed by atoms with Gasteiger partial charge in [0.2, 0.25) is 0 Å². The van der Waals surface area contributed by atoms with E-state index in [1.165, 1.54) is 0 Å². The van der Waals surface area contributed by atoms with E-state index in [4.69, 9.17) is 10.5 Å². The summed E-state index contributed by atoms with van der Waals surface area (Å²) < 4.78 is 5.21. The van der Waals surface area contributed by atoms with Crippen molar-refractivity contribution in [1.82, 2.24) is 5.32 Å². The number of benzene rings is 1. The lowest BCUT2D eigenvalue weighted by Crippen LogP contribution is -2.50. The Morgan fingerprint density at radius 2 is 2.17 bits per heavy atom. The fourth-order valence-corrected chi connectivity index (χ4v) is 1.62. The summed E-state index contributed by atoms with van der Waals surface area (Å²) in [4.78, 5) is 12.3. The molecule has 1 unspecified atom stereocenters. The molecule has 1 aromatic carbocycles. The summed E-state index contributed by atoms with van der Waals surface area (Å²) in [6.07, 6.45) is 0.781. The molecule has 1 atom stereocenters. The Hall–Kier alpha value is -1.55. The molecule has 4 nitrogen and oxygen atoms in total. The number of ether oxygens (including phenoxy) is 1. The van der Waals surface area contributed by atoms with Crippen LogP contribution in [0.25, 0.3) is 0 Å². The van der Waals surface area contributed by atoms with Gasteiger partial charge < -0.3 is 15.8 Å². The van der Waals surface area contributed by atoms with E-state index < -0.39 is 0 Å². The first-order chi connectivity index (χ1) is 8.45. The Morgan fingerprint density at radius 3 is 2.67 bits per heavy atom. The maximum Gasteiger partial charge on any atom is 0.255 e. The molecule has 0 fully saturated rings. The van der Waals surface area contributed by atoms with Crippen molar-refractivity contribution >= 4 is 5.91 Å². The van der Waals surface area contributed by atoms with E-state index in [0.717, 1.165) is 12.0 Å². The number of carbonyl (C=O) groups excluding carboxylic acids is 1. The zero-order valence-corrected chi connectivity index (χ0v) is 11.5. The second kappa shape index (κ2) is 5.87. The van der Waals surface area contributed by atoms with Crippen LogP contribution in [0.1, 0.15) is 36.2 Å². The summed E-state index contributed by atoms with van der Waals surface area (Å²) in [5, 5.41) is 2.97. The molecule has 1 aromatic rings. The molecule has 18 heavy (non-hydrogen) atoms. The molecule has 0 heterocycles. The van der Waals surface area contributed by atoms with Crippen molar-refractivity contribution in [3.8, 4) is 5.75 Å². The first-order valence-corrected chi connectivity index (χ1v) is 6.13. The van der Waals surface area contributed by atoms with E-state index >= 15 is 0 Å². The highest BCUT2D eigenvalue weighted by atomic mass is 16.5. The fourth-order valence-electron chi connectivity index (χ4n) is 1.62. The molecule has 1 rings (SSSR count). The molecule has 0 aliphatic carbocycles. The Kier molecular flexibility index (Phi) is 4.73. The van der Waals surface area contributed by atoms with Gasteiger partial charge in [0.1, 0.15) is 5.75 Å². The summed E-state index contributed by atoms with van der Waals surface area (Å²) in [5.74, 6) is 0.430. The van der Waals surface area contributed by atoms with Crippen LogP contribution in [0.3, 0.4) is 0 Å². The van der Waals surface area contributed by atoms with Crippen LogP contribution in [0.4, 0.5) is 0 Å². The smallest absolute Gasteiger partial charge is 0.255 e. The van der Waals surface area contributed by atoms with Gasteiger partial charge in [-0.1, -0.05) is 18.6 Å². The van der Waals surface area contributed by atoms with Crippen LogP contribution in [0.15, 0.2) is 18.2 Å². The largest absolute Gasteiger partial charge is 0.496 e. The molecule has 0 spiro atoms. The van der Waals surface area contributed by atoms with Gasteiger partial charge in [0, 0.05) is 12.1 Å². The molecule has 0 radical (unpaired) electrons. The van der Waals surface area contributed by atoms with E-state index in [1.54, 1.807) is 13.2 Å². The van der Waals surface area contributed by atoms with Gasteiger partial charge in [0.25, 0.3) is 5.91 Å². The molecular formula is C14H22N2O2. The molecule has 0 aliphatic rings. The van der Waals surface area contributed by atoms with Crippen LogP contribution < -0.4 is 15.8 Å². The number of carbonyl (C=O) groups is 1. The van der Waals surface area contributed by atoms with Gasteiger partial charge in [-0.3, -0.25) is 4.79 Å². The minimum Gasteiger partial charge on any atom is -0.496 e. The van der Waals surface area contributed by atoms with E-state index in [-0.39, 0.29) is 11.4 Å².